The Morgan fingerprint density at radius 3 is 2.64 bits per heavy atom. The van der Waals surface area contributed by atoms with Gasteiger partial charge in [0.2, 0.25) is 10.0 Å². The Morgan fingerprint density at radius 2 is 1.88 bits per heavy atom. The summed E-state index contributed by atoms with van der Waals surface area (Å²) in [7, 11) is -3.40. The summed E-state index contributed by atoms with van der Waals surface area (Å²) in [6, 6.07) is 12.8. The SMILES string of the molecule is O=S(=O)(c1ccccc1)N1CC[C@]2(CCCN2Cc2cccnc2)C1. The molecule has 2 aromatic rings. The molecule has 0 saturated carbocycles. The molecule has 132 valence electrons. The minimum Gasteiger partial charge on any atom is -0.292 e. The maximum absolute atomic E-state index is 12.9. The third-order valence-corrected chi connectivity index (χ3v) is 7.37. The van der Waals surface area contributed by atoms with Crippen molar-refractivity contribution in [3.05, 3.63) is 60.4 Å². The highest BCUT2D eigenvalue weighted by atomic mass is 32.2. The van der Waals surface area contributed by atoms with E-state index in [-0.39, 0.29) is 5.54 Å². The summed E-state index contributed by atoms with van der Waals surface area (Å²) < 4.78 is 27.5. The van der Waals surface area contributed by atoms with E-state index in [1.54, 1.807) is 34.8 Å². The number of sulfonamides is 1. The molecule has 1 atom stereocenters. The van der Waals surface area contributed by atoms with Crippen LogP contribution in [0.4, 0.5) is 0 Å². The largest absolute Gasteiger partial charge is 0.292 e. The molecule has 2 fully saturated rings. The maximum atomic E-state index is 12.9. The normalized spacial score (nSPS) is 25.0. The van der Waals surface area contributed by atoms with Crippen LogP contribution in [0.3, 0.4) is 0 Å². The van der Waals surface area contributed by atoms with Crippen molar-refractivity contribution in [3.63, 3.8) is 0 Å². The van der Waals surface area contributed by atoms with Crippen LogP contribution in [0.2, 0.25) is 0 Å². The molecule has 1 spiro atoms. The van der Waals surface area contributed by atoms with E-state index in [0.717, 1.165) is 32.4 Å². The fourth-order valence-electron chi connectivity index (χ4n) is 4.18. The molecule has 6 heteroatoms. The van der Waals surface area contributed by atoms with E-state index in [2.05, 4.69) is 16.0 Å². The molecule has 0 amide bonds. The second-order valence-electron chi connectivity index (χ2n) is 7.01. The average molecular weight is 357 g/mol. The first-order valence-electron chi connectivity index (χ1n) is 8.79. The van der Waals surface area contributed by atoms with Crippen molar-refractivity contribution in [2.75, 3.05) is 19.6 Å². The first kappa shape index (κ1) is 16.7. The summed E-state index contributed by atoms with van der Waals surface area (Å²) in [6.07, 6.45) is 6.78. The van der Waals surface area contributed by atoms with Gasteiger partial charge in [0.15, 0.2) is 0 Å². The van der Waals surface area contributed by atoms with Gasteiger partial charge in [-0.15, -0.1) is 0 Å². The second-order valence-corrected chi connectivity index (χ2v) is 8.95. The fourth-order valence-corrected chi connectivity index (χ4v) is 5.72. The van der Waals surface area contributed by atoms with Gasteiger partial charge in [-0.3, -0.25) is 9.88 Å². The highest BCUT2D eigenvalue weighted by molar-refractivity contribution is 7.89. The topological polar surface area (TPSA) is 53.5 Å². The lowest BCUT2D eigenvalue weighted by atomic mass is 9.95. The van der Waals surface area contributed by atoms with Gasteiger partial charge in [0.05, 0.1) is 4.90 Å². The van der Waals surface area contributed by atoms with Crippen molar-refractivity contribution < 1.29 is 8.42 Å². The number of nitrogens with zero attached hydrogens (tertiary/aromatic N) is 3. The van der Waals surface area contributed by atoms with Crippen molar-refractivity contribution in [3.8, 4) is 0 Å². The van der Waals surface area contributed by atoms with Crippen LogP contribution in [0.5, 0.6) is 0 Å². The van der Waals surface area contributed by atoms with E-state index in [1.807, 2.05) is 18.3 Å². The predicted octanol–water partition coefficient (Wildman–Crippen LogP) is 2.51. The van der Waals surface area contributed by atoms with E-state index in [9.17, 15) is 8.42 Å². The molecule has 25 heavy (non-hydrogen) atoms. The first-order chi connectivity index (χ1) is 12.1. The third kappa shape index (κ3) is 3.10. The van der Waals surface area contributed by atoms with Crippen molar-refractivity contribution in [2.45, 2.75) is 36.2 Å². The Labute approximate surface area is 149 Å². The number of likely N-dealkylation sites (tertiary alicyclic amines) is 1. The number of aromatic nitrogens is 1. The molecule has 0 radical (unpaired) electrons. The lowest BCUT2D eigenvalue weighted by Crippen LogP contribution is -2.46. The Balaban J connectivity index is 1.54. The molecule has 1 aromatic carbocycles. The summed E-state index contributed by atoms with van der Waals surface area (Å²) in [6.45, 7) is 3.05. The molecular formula is C19H23N3O2S. The number of hydrogen-bond acceptors (Lipinski definition) is 4. The Bertz CT molecular complexity index is 826. The first-order valence-corrected chi connectivity index (χ1v) is 10.2. The third-order valence-electron chi connectivity index (χ3n) is 5.52. The summed E-state index contributed by atoms with van der Waals surface area (Å²) in [4.78, 5) is 7.06. The molecule has 5 nitrogen and oxygen atoms in total. The van der Waals surface area contributed by atoms with Gasteiger partial charge in [-0.2, -0.15) is 4.31 Å². The zero-order valence-corrected chi connectivity index (χ0v) is 15.0. The number of hydrogen-bond donors (Lipinski definition) is 0. The molecular weight excluding hydrogens is 334 g/mol. The maximum Gasteiger partial charge on any atom is 0.243 e. The van der Waals surface area contributed by atoms with Gasteiger partial charge in [-0.1, -0.05) is 24.3 Å². The van der Waals surface area contributed by atoms with Gasteiger partial charge in [0, 0.05) is 37.6 Å². The summed E-state index contributed by atoms with van der Waals surface area (Å²) in [5.41, 5.74) is 1.16. The highest BCUT2D eigenvalue weighted by Crippen LogP contribution is 2.40. The molecule has 0 aliphatic carbocycles. The van der Waals surface area contributed by atoms with Gasteiger partial charge in [0.1, 0.15) is 0 Å². The number of benzene rings is 1. The Kier molecular flexibility index (Phi) is 4.35. The monoisotopic (exact) mass is 357 g/mol. The van der Waals surface area contributed by atoms with E-state index in [4.69, 9.17) is 0 Å². The average Bonchev–Trinajstić information content (AvgIpc) is 3.25. The molecule has 0 N–H and O–H groups in total. The fraction of sp³-hybridized carbons (Fsp3) is 0.421. The number of rotatable bonds is 4. The Hall–Kier alpha value is -1.76. The standard InChI is InChI=1S/C19H23N3O2S/c23-25(24,18-7-2-1-3-8-18)22-13-10-19(16-22)9-5-12-21(19)15-17-6-4-11-20-14-17/h1-4,6-8,11,14H,5,9-10,12-13,15-16H2/t19-/m1/s1. The van der Waals surface area contributed by atoms with Gasteiger partial charge >= 0.3 is 0 Å². The van der Waals surface area contributed by atoms with E-state index in [0.29, 0.717) is 18.0 Å². The smallest absolute Gasteiger partial charge is 0.243 e. The zero-order chi connectivity index (χ0) is 17.3. The minimum atomic E-state index is -3.40. The Morgan fingerprint density at radius 1 is 1.04 bits per heavy atom. The zero-order valence-electron chi connectivity index (χ0n) is 14.2. The van der Waals surface area contributed by atoms with Crippen LogP contribution in [-0.4, -0.2) is 47.8 Å². The van der Waals surface area contributed by atoms with E-state index in [1.165, 1.54) is 5.56 Å². The van der Waals surface area contributed by atoms with Crippen LogP contribution in [0.1, 0.15) is 24.8 Å². The second kappa shape index (κ2) is 6.52. The van der Waals surface area contributed by atoms with Gasteiger partial charge in [-0.05, 0) is 49.6 Å². The van der Waals surface area contributed by atoms with Crippen LogP contribution in [0.15, 0.2) is 59.8 Å². The van der Waals surface area contributed by atoms with Crippen LogP contribution in [0, 0.1) is 0 Å². The predicted molar refractivity (Wildman–Crippen MR) is 96.4 cm³/mol. The van der Waals surface area contributed by atoms with Crippen LogP contribution in [0.25, 0.3) is 0 Å². The van der Waals surface area contributed by atoms with Crippen LogP contribution in [-0.2, 0) is 16.6 Å². The quantitative estimate of drug-likeness (QED) is 0.844. The van der Waals surface area contributed by atoms with Crippen LogP contribution >= 0.6 is 0 Å². The summed E-state index contributed by atoms with van der Waals surface area (Å²) in [5, 5.41) is 0. The van der Waals surface area contributed by atoms with E-state index >= 15 is 0 Å². The minimum absolute atomic E-state index is 0.0301. The van der Waals surface area contributed by atoms with E-state index < -0.39 is 10.0 Å². The molecule has 3 heterocycles. The lowest BCUT2D eigenvalue weighted by molar-refractivity contribution is 0.142. The number of pyridine rings is 1. The molecule has 0 bridgehead atoms. The molecule has 2 saturated heterocycles. The van der Waals surface area contributed by atoms with Gasteiger partial charge in [-0.25, -0.2) is 8.42 Å². The van der Waals surface area contributed by atoms with Crippen molar-refractivity contribution in [2.24, 2.45) is 0 Å². The highest BCUT2D eigenvalue weighted by Gasteiger charge is 2.48. The molecule has 2 aliphatic rings. The molecule has 0 unspecified atom stereocenters. The van der Waals surface area contributed by atoms with Gasteiger partial charge in [0.25, 0.3) is 0 Å². The summed E-state index contributed by atoms with van der Waals surface area (Å²) in [5.74, 6) is 0. The van der Waals surface area contributed by atoms with Crippen LogP contribution < -0.4 is 0 Å². The van der Waals surface area contributed by atoms with Gasteiger partial charge < -0.3 is 0 Å². The summed E-state index contributed by atoms with van der Waals surface area (Å²) >= 11 is 0. The van der Waals surface area contributed by atoms with Crippen molar-refractivity contribution in [1.82, 2.24) is 14.2 Å². The lowest BCUT2D eigenvalue weighted by Gasteiger charge is -2.35. The molecule has 4 rings (SSSR count). The van der Waals surface area contributed by atoms with Crippen molar-refractivity contribution >= 4 is 10.0 Å². The molecule has 1 aromatic heterocycles. The van der Waals surface area contributed by atoms with Crippen molar-refractivity contribution in [1.29, 1.82) is 0 Å². The molecule has 2 aliphatic heterocycles.